The van der Waals surface area contributed by atoms with E-state index in [2.05, 4.69) is 19.8 Å². The molecule has 9 heteroatoms. The van der Waals surface area contributed by atoms with Crippen LogP contribution in [0.25, 0.3) is 0 Å². The maximum Gasteiger partial charge on any atom is 0.408 e. The molecule has 2 aromatic rings. The smallest absolute Gasteiger partial charge is 0.358 e. The molecule has 8 nitrogen and oxygen atoms in total. The first-order valence-corrected chi connectivity index (χ1v) is 4.17. The summed E-state index contributed by atoms with van der Waals surface area (Å²) in [4.78, 5) is 13.5. The van der Waals surface area contributed by atoms with Crippen LogP contribution in [0.5, 0.6) is 0 Å². The minimum absolute atomic E-state index is 0.0245. The highest BCUT2D eigenvalue weighted by Gasteiger charge is 2.19. The molecule has 0 fully saturated rings. The monoisotopic (exact) mass is 229 g/mol. The molecular weight excluding hydrogens is 226 g/mol. The number of rotatable bonds is 3. The normalized spacial score (nSPS) is 10.5. The van der Waals surface area contributed by atoms with Gasteiger partial charge in [-0.1, -0.05) is 16.8 Å². The third kappa shape index (κ3) is 1.94. The predicted molar refractivity (Wildman–Crippen MR) is 47.3 cm³/mol. The van der Waals surface area contributed by atoms with Gasteiger partial charge in [-0.2, -0.15) is 9.67 Å². The summed E-state index contributed by atoms with van der Waals surface area (Å²) in [6.45, 7) is 0.171. The number of hydrogen-bond acceptors (Lipinski definition) is 6. The van der Waals surface area contributed by atoms with Gasteiger partial charge in [0.25, 0.3) is 0 Å². The molecule has 0 saturated heterocycles. The molecule has 0 aromatic carbocycles. The number of halogens is 1. The van der Waals surface area contributed by atoms with Crippen LogP contribution < -0.4 is 0 Å². The Morgan fingerprint density at radius 3 is 3.00 bits per heavy atom. The molecule has 2 rings (SSSR count). The van der Waals surface area contributed by atoms with Gasteiger partial charge in [-0.25, -0.2) is 0 Å². The number of nitro groups is 1. The highest BCUT2D eigenvalue weighted by Crippen LogP contribution is 2.21. The highest BCUT2D eigenvalue weighted by atomic mass is 35.5. The van der Waals surface area contributed by atoms with Crippen molar-refractivity contribution < 1.29 is 9.45 Å². The van der Waals surface area contributed by atoms with Gasteiger partial charge in [0.15, 0.2) is 10.8 Å². The first-order valence-electron chi connectivity index (χ1n) is 3.79. The Balaban J connectivity index is 2.23. The fourth-order valence-electron chi connectivity index (χ4n) is 0.999. The van der Waals surface area contributed by atoms with Crippen molar-refractivity contribution in [2.75, 3.05) is 0 Å². The second kappa shape index (κ2) is 3.65. The van der Waals surface area contributed by atoms with Gasteiger partial charge in [-0.3, -0.25) is 0 Å². The van der Waals surface area contributed by atoms with Crippen LogP contribution in [0.2, 0.25) is 5.02 Å². The van der Waals surface area contributed by atoms with Crippen molar-refractivity contribution in [2.45, 2.75) is 6.54 Å². The molecule has 0 bridgehead atoms. The summed E-state index contributed by atoms with van der Waals surface area (Å²) >= 11 is 5.59. The minimum atomic E-state index is -0.658. The molecule has 0 radical (unpaired) electrons. The van der Waals surface area contributed by atoms with Gasteiger partial charge in [0.1, 0.15) is 6.54 Å². The van der Waals surface area contributed by atoms with E-state index in [0.717, 1.165) is 6.39 Å². The van der Waals surface area contributed by atoms with Crippen LogP contribution in [0, 0.1) is 10.1 Å². The van der Waals surface area contributed by atoms with Gasteiger partial charge in [0.2, 0.25) is 6.39 Å². The molecule has 0 aliphatic rings. The Labute approximate surface area is 87.6 Å². The predicted octanol–water partition coefficient (Wildman–Crippen LogP) is 0.876. The molecule has 0 spiro atoms. The molecule has 2 aromatic heterocycles. The summed E-state index contributed by atoms with van der Waals surface area (Å²) in [5.74, 6) is -0.0239. The van der Waals surface area contributed by atoms with Gasteiger partial charge < -0.3 is 14.6 Å². The van der Waals surface area contributed by atoms with Crippen LogP contribution in [0.4, 0.5) is 5.82 Å². The second-order valence-corrected chi connectivity index (χ2v) is 3.01. The third-order valence-electron chi connectivity index (χ3n) is 1.58. The summed E-state index contributed by atoms with van der Waals surface area (Å²) in [6, 6.07) is 0. The van der Waals surface area contributed by atoms with Crippen LogP contribution in [0.15, 0.2) is 17.1 Å². The highest BCUT2D eigenvalue weighted by molar-refractivity contribution is 6.32. The van der Waals surface area contributed by atoms with Crippen LogP contribution in [-0.2, 0) is 6.54 Å². The van der Waals surface area contributed by atoms with Crippen molar-refractivity contribution in [2.24, 2.45) is 0 Å². The van der Waals surface area contributed by atoms with Gasteiger partial charge in [0.05, 0.1) is 11.3 Å². The molecular formula is C6H4ClN5O3. The van der Waals surface area contributed by atoms with Crippen molar-refractivity contribution in [1.82, 2.24) is 19.9 Å². The molecule has 0 aliphatic heterocycles. The zero-order valence-corrected chi connectivity index (χ0v) is 7.96. The Kier molecular flexibility index (Phi) is 2.34. The van der Waals surface area contributed by atoms with Crippen LogP contribution >= 0.6 is 11.6 Å². The van der Waals surface area contributed by atoms with Gasteiger partial charge >= 0.3 is 5.82 Å². The van der Waals surface area contributed by atoms with Gasteiger partial charge in [-0.15, -0.1) is 0 Å². The van der Waals surface area contributed by atoms with Gasteiger partial charge in [-0.05, 0) is 4.92 Å². The van der Waals surface area contributed by atoms with E-state index in [1.807, 2.05) is 0 Å². The summed E-state index contributed by atoms with van der Waals surface area (Å²) in [5, 5.41) is 17.6. The number of aromatic nitrogens is 4. The Morgan fingerprint density at radius 1 is 1.67 bits per heavy atom. The fraction of sp³-hybridized carbons (Fsp3) is 0.167. The lowest BCUT2D eigenvalue weighted by Gasteiger charge is -1.88. The van der Waals surface area contributed by atoms with Crippen LogP contribution in [0.3, 0.4) is 0 Å². The lowest BCUT2D eigenvalue weighted by molar-refractivity contribution is -0.389. The molecule has 0 amide bonds. The molecule has 0 saturated carbocycles. The van der Waals surface area contributed by atoms with Crippen molar-refractivity contribution in [3.63, 3.8) is 0 Å². The summed E-state index contributed by atoms with van der Waals surface area (Å²) in [6.07, 6.45) is 2.49. The van der Waals surface area contributed by atoms with Crippen LogP contribution in [0.1, 0.15) is 5.82 Å². The molecule has 78 valence electrons. The third-order valence-corrected chi connectivity index (χ3v) is 1.85. The van der Waals surface area contributed by atoms with Crippen LogP contribution in [-0.4, -0.2) is 24.8 Å². The van der Waals surface area contributed by atoms with Crippen molar-refractivity contribution in [3.8, 4) is 0 Å². The number of nitrogens with zero attached hydrogens (tertiary/aromatic N) is 5. The average molecular weight is 230 g/mol. The van der Waals surface area contributed by atoms with Crippen molar-refractivity contribution in [1.29, 1.82) is 0 Å². The molecule has 0 atom stereocenters. The van der Waals surface area contributed by atoms with Crippen molar-refractivity contribution in [3.05, 3.63) is 33.6 Å². The van der Waals surface area contributed by atoms with Crippen molar-refractivity contribution >= 4 is 17.4 Å². The standard InChI is InChI=1S/C6H4ClN5O3/c7-4-1-11(9-6(4)12(13)14)2-5-8-3-15-10-5/h1,3H,2H2. The zero-order valence-electron chi connectivity index (χ0n) is 7.20. The Hall–Kier alpha value is -1.96. The largest absolute Gasteiger partial charge is 0.408 e. The van der Waals surface area contributed by atoms with E-state index in [4.69, 9.17) is 11.6 Å². The molecule has 0 unspecified atom stereocenters. The maximum absolute atomic E-state index is 10.4. The summed E-state index contributed by atoms with van der Waals surface area (Å²) < 4.78 is 5.77. The lowest BCUT2D eigenvalue weighted by Crippen LogP contribution is -2.02. The maximum atomic E-state index is 10.4. The fourth-order valence-corrected chi connectivity index (χ4v) is 1.22. The zero-order chi connectivity index (χ0) is 10.8. The molecule has 0 aliphatic carbocycles. The Bertz CT molecular complexity index is 479. The second-order valence-electron chi connectivity index (χ2n) is 2.60. The van der Waals surface area contributed by atoms with E-state index in [9.17, 15) is 10.1 Å². The summed E-state index contributed by atoms with van der Waals surface area (Å²) in [7, 11) is 0. The Morgan fingerprint density at radius 2 is 2.47 bits per heavy atom. The topological polar surface area (TPSA) is 99.9 Å². The van der Waals surface area contributed by atoms with Gasteiger partial charge in [0, 0.05) is 0 Å². The summed E-state index contributed by atoms with van der Waals surface area (Å²) in [5.41, 5.74) is 0. The average Bonchev–Trinajstić information content (AvgIpc) is 2.75. The SMILES string of the molecule is O=[N+]([O-])c1nn(Cc2ncon2)cc1Cl. The van der Waals surface area contributed by atoms with E-state index in [1.165, 1.54) is 10.9 Å². The van der Waals surface area contributed by atoms with E-state index >= 15 is 0 Å². The number of hydrogen-bond donors (Lipinski definition) is 0. The minimum Gasteiger partial charge on any atom is -0.358 e. The molecule has 0 N–H and O–H groups in total. The van der Waals surface area contributed by atoms with E-state index < -0.39 is 4.92 Å². The lowest BCUT2D eigenvalue weighted by atomic mass is 10.6. The first kappa shape index (κ1) is 9.59. The molecule has 2 heterocycles. The van der Waals surface area contributed by atoms with E-state index in [0.29, 0.717) is 5.82 Å². The van der Waals surface area contributed by atoms with E-state index in [-0.39, 0.29) is 17.4 Å². The van der Waals surface area contributed by atoms with E-state index in [1.54, 1.807) is 0 Å². The first-order chi connectivity index (χ1) is 7.16. The quantitative estimate of drug-likeness (QED) is 0.572. The molecule has 15 heavy (non-hydrogen) atoms.